The number of carboxylic acid groups (broad SMARTS) is 1. The predicted molar refractivity (Wildman–Crippen MR) is 60.4 cm³/mol. The van der Waals surface area contributed by atoms with Crippen LogP contribution >= 0.6 is 11.6 Å². The summed E-state index contributed by atoms with van der Waals surface area (Å²) >= 11 is 5.65. The molecule has 15 heavy (non-hydrogen) atoms. The second-order valence-corrected chi connectivity index (χ2v) is 4.64. The Morgan fingerprint density at radius 3 is 2.67 bits per heavy atom. The van der Waals surface area contributed by atoms with Crippen molar-refractivity contribution in [2.24, 2.45) is 0 Å². The molecule has 1 heterocycles. The Kier molecular flexibility index (Phi) is 5.36. The van der Waals surface area contributed by atoms with Crippen LogP contribution in [0.3, 0.4) is 0 Å². The molecule has 0 aromatic rings. The van der Waals surface area contributed by atoms with Crippen LogP contribution in [-0.2, 0) is 4.79 Å². The molecule has 1 fully saturated rings. The smallest absolute Gasteiger partial charge is 0.322 e. The van der Waals surface area contributed by atoms with Crippen LogP contribution < -0.4 is 0 Å². The average Bonchev–Trinajstić information content (AvgIpc) is 2.66. The summed E-state index contributed by atoms with van der Waals surface area (Å²) in [6.07, 6.45) is 2.58. The fourth-order valence-electron chi connectivity index (χ4n) is 1.76. The Labute approximate surface area is 95.8 Å². The van der Waals surface area contributed by atoms with Crippen LogP contribution in [0.25, 0.3) is 0 Å². The maximum Gasteiger partial charge on any atom is 0.322 e. The summed E-state index contributed by atoms with van der Waals surface area (Å²) in [7, 11) is 1.91. The number of carboxylic acids is 1. The molecule has 0 spiro atoms. The molecule has 0 saturated carbocycles. The van der Waals surface area contributed by atoms with Crippen molar-refractivity contribution in [3.05, 3.63) is 0 Å². The first-order chi connectivity index (χ1) is 7.09. The van der Waals surface area contributed by atoms with E-state index in [0.29, 0.717) is 6.54 Å². The summed E-state index contributed by atoms with van der Waals surface area (Å²) in [5.41, 5.74) is 0. The standard InChI is InChI=1S/C10H19ClN2O2/c1-12(8-9(11)10(14)15)6-7-13-4-2-3-5-13/h9H,2-8H2,1H3,(H,14,15). The lowest BCUT2D eigenvalue weighted by Gasteiger charge is -2.21. The van der Waals surface area contributed by atoms with Gasteiger partial charge in [0.25, 0.3) is 0 Å². The van der Waals surface area contributed by atoms with Gasteiger partial charge < -0.3 is 14.9 Å². The molecule has 0 radical (unpaired) electrons. The van der Waals surface area contributed by atoms with Gasteiger partial charge in [-0.05, 0) is 33.0 Å². The SMILES string of the molecule is CN(CCN1CCCC1)CC(Cl)C(=O)O. The molecule has 88 valence electrons. The molecule has 0 amide bonds. The van der Waals surface area contributed by atoms with E-state index in [4.69, 9.17) is 16.7 Å². The second-order valence-electron chi connectivity index (χ2n) is 4.12. The fourth-order valence-corrected chi connectivity index (χ4v) is 2.00. The molecule has 0 aromatic heterocycles. The molecule has 4 nitrogen and oxygen atoms in total. The van der Waals surface area contributed by atoms with E-state index < -0.39 is 11.3 Å². The minimum absolute atomic E-state index is 0.407. The highest BCUT2D eigenvalue weighted by Gasteiger charge is 2.17. The minimum Gasteiger partial charge on any atom is -0.480 e. The number of hydrogen-bond donors (Lipinski definition) is 1. The van der Waals surface area contributed by atoms with E-state index in [2.05, 4.69) is 4.90 Å². The summed E-state index contributed by atoms with van der Waals surface area (Å²) in [4.78, 5) is 14.9. The van der Waals surface area contributed by atoms with E-state index in [1.54, 1.807) is 0 Å². The molecule has 0 aromatic carbocycles. The van der Waals surface area contributed by atoms with Gasteiger partial charge in [-0.15, -0.1) is 11.6 Å². The number of nitrogens with zero attached hydrogens (tertiary/aromatic N) is 2. The number of likely N-dealkylation sites (N-methyl/N-ethyl adjacent to an activating group) is 1. The Morgan fingerprint density at radius 1 is 1.53 bits per heavy atom. The lowest BCUT2D eigenvalue weighted by molar-refractivity contribution is -0.136. The number of aliphatic carboxylic acids is 1. The van der Waals surface area contributed by atoms with Gasteiger partial charge in [0.1, 0.15) is 5.38 Å². The van der Waals surface area contributed by atoms with Gasteiger partial charge in [-0.3, -0.25) is 4.79 Å². The van der Waals surface area contributed by atoms with Crippen molar-refractivity contribution in [1.82, 2.24) is 9.80 Å². The number of rotatable bonds is 6. The first kappa shape index (κ1) is 12.7. The van der Waals surface area contributed by atoms with Crippen LogP contribution in [0.4, 0.5) is 0 Å². The zero-order valence-electron chi connectivity index (χ0n) is 9.15. The van der Waals surface area contributed by atoms with Gasteiger partial charge in [0.2, 0.25) is 0 Å². The van der Waals surface area contributed by atoms with Crippen molar-refractivity contribution in [2.45, 2.75) is 18.2 Å². The Hall–Kier alpha value is -0.320. The van der Waals surface area contributed by atoms with E-state index in [-0.39, 0.29) is 0 Å². The molecule has 1 unspecified atom stereocenters. The first-order valence-corrected chi connectivity index (χ1v) is 5.81. The molecule has 0 aliphatic carbocycles. The second kappa shape index (κ2) is 6.30. The minimum atomic E-state index is -0.940. The van der Waals surface area contributed by atoms with Crippen LogP contribution in [0.5, 0.6) is 0 Å². The van der Waals surface area contributed by atoms with E-state index in [1.807, 2.05) is 11.9 Å². The third kappa shape index (κ3) is 4.82. The van der Waals surface area contributed by atoms with Gasteiger partial charge >= 0.3 is 5.97 Å². The Morgan fingerprint density at radius 2 is 2.13 bits per heavy atom. The summed E-state index contributed by atoms with van der Waals surface area (Å²) in [5, 5.41) is 7.84. The summed E-state index contributed by atoms with van der Waals surface area (Å²) in [6, 6.07) is 0. The highest BCUT2D eigenvalue weighted by Crippen LogP contribution is 2.07. The summed E-state index contributed by atoms with van der Waals surface area (Å²) in [6.45, 7) is 4.66. The third-order valence-electron chi connectivity index (χ3n) is 2.74. The molecule has 1 rings (SSSR count). The molecule has 1 atom stereocenters. The third-order valence-corrected chi connectivity index (χ3v) is 3.06. The highest BCUT2D eigenvalue weighted by atomic mass is 35.5. The first-order valence-electron chi connectivity index (χ1n) is 5.37. The molecule has 5 heteroatoms. The van der Waals surface area contributed by atoms with Gasteiger partial charge in [0.15, 0.2) is 0 Å². The van der Waals surface area contributed by atoms with Crippen LogP contribution in [-0.4, -0.2) is 66.0 Å². The highest BCUT2D eigenvalue weighted by molar-refractivity contribution is 6.29. The Bertz CT molecular complexity index is 208. The number of likely N-dealkylation sites (tertiary alicyclic amines) is 1. The van der Waals surface area contributed by atoms with Crippen molar-refractivity contribution < 1.29 is 9.90 Å². The Balaban J connectivity index is 2.12. The van der Waals surface area contributed by atoms with Gasteiger partial charge in [0, 0.05) is 19.6 Å². The number of hydrogen-bond acceptors (Lipinski definition) is 3. The summed E-state index contributed by atoms with van der Waals surface area (Å²) < 4.78 is 0. The number of carbonyl (C=O) groups is 1. The van der Waals surface area contributed by atoms with Gasteiger partial charge in [-0.1, -0.05) is 0 Å². The maximum atomic E-state index is 10.5. The van der Waals surface area contributed by atoms with Gasteiger partial charge in [-0.2, -0.15) is 0 Å². The predicted octanol–water partition coefficient (Wildman–Crippen LogP) is 0.706. The van der Waals surface area contributed by atoms with Crippen molar-refractivity contribution >= 4 is 17.6 Å². The van der Waals surface area contributed by atoms with E-state index >= 15 is 0 Å². The normalized spacial score (nSPS) is 19.7. The van der Waals surface area contributed by atoms with Crippen molar-refractivity contribution in [3.8, 4) is 0 Å². The van der Waals surface area contributed by atoms with Crippen LogP contribution in [0.2, 0.25) is 0 Å². The van der Waals surface area contributed by atoms with E-state index in [0.717, 1.165) is 13.1 Å². The molecule has 0 bridgehead atoms. The molecular weight excluding hydrogens is 216 g/mol. The molecule has 1 aliphatic rings. The van der Waals surface area contributed by atoms with Gasteiger partial charge in [-0.25, -0.2) is 0 Å². The zero-order chi connectivity index (χ0) is 11.3. The molecular formula is C10H19ClN2O2. The van der Waals surface area contributed by atoms with E-state index in [9.17, 15) is 4.79 Å². The molecule has 1 N–H and O–H groups in total. The van der Waals surface area contributed by atoms with Crippen LogP contribution in [0.15, 0.2) is 0 Å². The largest absolute Gasteiger partial charge is 0.480 e. The lowest BCUT2D eigenvalue weighted by atomic mass is 10.4. The van der Waals surface area contributed by atoms with Crippen molar-refractivity contribution in [1.29, 1.82) is 0 Å². The van der Waals surface area contributed by atoms with Crippen molar-refractivity contribution in [3.63, 3.8) is 0 Å². The fraction of sp³-hybridized carbons (Fsp3) is 0.900. The number of halogens is 1. The molecule has 1 aliphatic heterocycles. The average molecular weight is 235 g/mol. The maximum absolute atomic E-state index is 10.5. The summed E-state index contributed by atoms with van der Waals surface area (Å²) in [5.74, 6) is -0.940. The lowest BCUT2D eigenvalue weighted by Crippen LogP contribution is -2.36. The zero-order valence-corrected chi connectivity index (χ0v) is 9.91. The van der Waals surface area contributed by atoms with Gasteiger partial charge in [0.05, 0.1) is 0 Å². The van der Waals surface area contributed by atoms with Crippen molar-refractivity contribution in [2.75, 3.05) is 39.8 Å². The topological polar surface area (TPSA) is 43.8 Å². The van der Waals surface area contributed by atoms with Crippen LogP contribution in [0.1, 0.15) is 12.8 Å². The van der Waals surface area contributed by atoms with E-state index in [1.165, 1.54) is 25.9 Å². The quantitative estimate of drug-likeness (QED) is 0.688. The monoisotopic (exact) mass is 234 g/mol. The van der Waals surface area contributed by atoms with Crippen LogP contribution in [0, 0.1) is 0 Å². The number of alkyl halides is 1. The molecule has 1 saturated heterocycles.